The van der Waals surface area contributed by atoms with Crippen molar-refractivity contribution in [3.8, 4) is 0 Å². The molecule has 3 N–H and O–H groups in total. The summed E-state index contributed by atoms with van der Waals surface area (Å²) in [5, 5.41) is 7.42. The molecule has 1 aromatic heterocycles. The van der Waals surface area contributed by atoms with Gasteiger partial charge in [-0.3, -0.25) is 10.5 Å². The fourth-order valence-electron chi connectivity index (χ4n) is 1.63. The fourth-order valence-corrected chi connectivity index (χ4v) is 1.63. The van der Waals surface area contributed by atoms with E-state index in [2.05, 4.69) is 15.7 Å². The van der Waals surface area contributed by atoms with E-state index < -0.39 is 17.7 Å². The van der Waals surface area contributed by atoms with Crippen molar-refractivity contribution in [1.82, 2.24) is 20.4 Å². The maximum absolute atomic E-state index is 13.6. The number of hydrogen-bond acceptors (Lipinski definition) is 4. The minimum atomic E-state index is -0.672. The Morgan fingerprint density at radius 2 is 2.18 bits per heavy atom. The molecule has 0 amide bonds. The number of hydrazine groups is 1. The Bertz CT molecular complexity index is 525. The van der Waals surface area contributed by atoms with E-state index in [1.54, 1.807) is 7.05 Å². The minimum Gasteiger partial charge on any atom is -0.271 e. The molecule has 2 aromatic rings. The third-order valence-electron chi connectivity index (χ3n) is 2.49. The lowest BCUT2D eigenvalue weighted by atomic mass is 10.0. The van der Waals surface area contributed by atoms with Gasteiger partial charge in [-0.25, -0.2) is 14.2 Å². The standard InChI is InChI=1S/C10H11F2N5/c1-17-9(5-14-16-17)10(15-13)7-3-2-6(11)4-8(7)12/h2-5,10,15H,13H2,1H3. The molecule has 0 spiro atoms. The summed E-state index contributed by atoms with van der Waals surface area (Å²) in [5.41, 5.74) is 3.28. The normalized spacial score (nSPS) is 12.7. The van der Waals surface area contributed by atoms with Crippen molar-refractivity contribution >= 4 is 0 Å². The van der Waals surface area contributed by atoms with E-state index in [4.69, 9.17) is 5.84 Å². The van der Waals surface area contributed by atoms with E-state index in [1.807, 2.05) is 0 Å². The van der Waals surface area contributed by atoms with Crippen molar-refractivity contribution in [2.45, 2.75) is 6.04 Å². The first-order valence-electron chi connectivity index (χ1n) is 4.89. The number of nitrogens with two attached hydrogens (primary N) is 1. The lowest BCUT2D eigenvalue weighted by Crippen LogP contribution is -2.31. The molecule has 1 aromatic carbocycles. The van der Waals surface area contributed by atoms with Crippen LogP contribution in [0.4, 0.5) is 8.78 Å². The summed E-state index contributed by atoms with van der Waals surface area (Å²) in [7, 11) is 1.66. The topological polar surface area (TPSA) is 68.8 Å². The molecule has 0 fully saturated rings. The van der Waals surface area contributed by atoms with E-state index in [0.29, 0.717) is 5.69 Å². The highest BCUT2D eigenvalue weighted by Crippen LogP contribution is 2.23. The van der Waals surface area contributed by atoms with Crippen molar-refractivity contribution in [3.05, 3.63) is 47.3 Å². The van der Waals surface area contributed by atoms with Crippen LogP contribution in [0, 0.1) is 11.6 Å². The smallest absolute Gasteiger partial charge is 0.131 e. The number of rotatable bonds is 3. The lowest BCUT2D eigenvalue weighted by Gasteiger charge is -2.16. The second-order valence-corrected chi connectivity index (χ2v) is 3.55. The largest absolute Gasteiger partial charge is 0.271 e. The van der Waals surface area contributed by atoms with Gasteiger partial charge in [-0.05, 0) is 6.07 Å². The van der Waals surface area contributed by atoms with Gasteiger partial charge in [-0.2, -0.15) is 0 Å². The quantitative estimate of drug-likeness (QED) is 0.609. The summed E-state index contributed by atoms with van der Waals surface area (Å²) in [6.07, 6.45) is 1.47. The highest BCUT2D eigenvalue weighted by Gasteiger charge is 2.20. The molecule has 17 heavy (non-hydrogen) atoms. The third kappa shape index (κ3) is 2.15. The molecule has 0 saturated heterocycles. The van der Waals surface area contributed by atoms with Crippen LogP contribution >= 0.6 is 0 Å². The number of nitrogens with zero attached hydrogens (tertiary/aromatic N) is 3. The maximum Gasteiger partial charge on any atom is 0.131 e. The molecule has 1 atom stereocenters. The molecule has 5 nitrogen and oxygen atoms in total. The van der Waals surface area contributed by atoms with Crippen LogP contribution in [0.5, 0.6) is 0 Å². The highest BCUT2D eigenvalue weighted by molar-refractivity contribution is 5.28. The van der Waals surface area contributed by atoms with Gasteiger partial charge in [0.2, 0.25) is 0 Å². The Morgan fingerprint density at radius 3 is 2.71 bits per heavy atom. The number of hydrogen-bond donors (Lipinski definition) is 2. The number of aryl methyl sites for hydroxylation is 1. The van der Waals surface area contributed by atoms with Crippen LogP contribution in [0.2, 0.25) is 0 Å². The van der Waals surface area contributed by atoms with Gasteiger partial charge in [-0.15, -0.1) is 5.10 Å². The second-order valence-electron chi connectivity index (χ2n) is 3.55. The molecule has 0 aliphatic rings. The van der Waals surface area contributed by atoms with Crippen LogP contribution < -0.4 is 11.3 Å². The summed E-state index contributed by atoms with van der Waals surface area (Å²) < 4.78 is 27.9. The Labute approximate surface area is 96.2 Å². The Hall–Kier alpha value is -1.86. The Kier molecular flexibility index (Phi) is 3.12. The molecule has 1 unspecified atom stereocenters. The molecule has 0 bridgehead atoms. The number of nitrogens with one attached hydrogen (secondary N) is 1. The predicted octanol–water partition coefficient (Wildman–Crippen LogP) is 0.646. The zero-order valence-electron chi connectivity index (χ0n) is 9.06. The van der Waals surface area contributed by atoms with Crippen LogP contribution in [-0.4, -0.2) is 15.0 Å². The fraction of sp³-hybridized carbons (Fsp3) is 0.200. The molecule has 7 heteroatoms. The van der Waals surface area contributed by atoms with Gasteiger partial charge < -0.3 is 0 Å². The van der Waals surface area contributed by atoms with Gasteiger partial charge in [0.1, 0.15) is 11.6 Å². The van der Waals surface area contributed by atoms with E-state index in [1.165, 1.54) is 23.0 Å². The van der Waals surface area contributed by atoms with Gasteiger partial charge in [0.05, 0.1) is 17.9 Å². The van der Waals surface area contributed by atoms with Crippen LogP contribution in [0.1, 0.15) is 17.3 Å². The summed E-state index contributed by atoms with van der Waals surface area (Å²) in [6, 6.07) is 2.69. The van der Waals surface area contributed by atoms with Gasteiger partial charge >= 0.3 is 0 Å². The van der Waals surface area contributed by atoms with Crippen LogP contribution in [0.25, 0.3) is 0 Å². The molecule has 0 radical (unpaired) electrons. The van der Waals surface area contributed by atoms with E-state index in [-0.39, 0.29) is 5.56 Å². The number of benzene rings is 1. The van der Waals surface area contributed by atoms with Crippen LogP contribution in [0.15, 0.2) is 24.4 Å². The summed E-state index contributed by atoms with van der Waals surface area (Å²) >= 11 is 0. The third-order valence-corrected chi connectivity index (χ3v) is 2.49. The Morgan fingerprint density at radius 1 is 1.41 bits per heavy atom. The summed E-state index contributed by atoms with van der Waals surface area (Å²) in [6.45, 7) is 0. The molecular weight excluding hydrogens is 228 g/mol. The molecular formula is C10H11F2N5. The molecule has 0 saturated carbocycles. The lowest BCUT2D eigenvalue weighted by molar-refractivity contribution is 0.521. The zero-order chi connectivity index (χ0) is 12.4. The van der Waals surface area contributed by atoms with Crippen LogP contribution in [0.3, 0.4) is 0 Å². The van der Waals surface area contributed by atoms with Gasteiger partial charge in [0, 0.05) is 18.7 Å². The molecule has 2 rings (SSSR count). The zero-order valence-corrected chi connectivity index (χ0v) is 9.06. The van der Waals surface area contributed by atoms with Crippen molar-refractivity contribution in [2.24, 2.45) is 12.9 Å². The monoisotopic (exact) mass is 239 g/mol. The van der Waals surface area contributed by atoms with Crippen molar-refractivity contribution in [1.29, 1.82) is 0 Å². The number of aromatic nitrogens is 3. The van der Waals surface area contributed by atoms with Crippen molar-refractivity contribution in [2.75, 3.05) is 0 Å². The molecule has 90 valence electrons. The SMILES string of the molecule is Cn1nncc1C(NN)c1ccc(F)cc1F. The summed E-state index contributed by atoms with van der Waals surface area (Å²) in [4.78, 5) is 0. The maximum atomic E-state index is 13.6. The van der Waals surface area contributed by atoms with Gasteiger partial charge in [-0.1, -0.05) is 11.3 Å². The average molecular weight is 239 g/mol. The first kappa shape index (κ1) is 11.6. The Balaban J connectivity index is 2.46. The van der Waals surface area contributed by atoms with Crippen molar-refractivity contribution < 1.29 is 8.78 Å². The second kappa shape index (κ2) is 4.56. The first-order valence-corrected chi connectivity index (χ1v) is 4.89. The number of halogens is 2. The van der Waals surface area contributed by atoms with Gasteiger partial charge in [0.15, 0.2) is 0 Å². The van der Waals surface area contributed by atoms with E-state index in [9.17, 15) is 8.78 Å². The van der Waals surface area contributed by atoms with E-state index in [0.717, 1.165) is 6.07 Å². The highest BCUT2D eigenvalue weighted by atomic mass is 19.1. The van der Waals surface area contributed by atoms with E-state index >= 15 is 0 Å². The van der Waals surface area contributed by atoms with Gasteiger partial charge in [0.25, 0.3) is 0 Å². The first-order chi connectivity index (χ1) is 8.13. The molecule has 0 aliphatic heterocycles. The van der Waals surface area contributed by atoms with Crippen molar-refractivity contribution in [3.63, 3.8) is 0 Å². The minimum absolute atomic E-state index is 0.235. The summed E-state index contributed by atoms with van der Waals surface area (Å²) in [5.74, 6) is 4.09. The average Bonchev–Trinajstić information content (AvgIpc) is 2.69. The molecule has 1 heterocycles. The molecule has 0 aliphatic carbocycles. The van der Waals surface area contributed by atoms with Crippen LogP contribution in [-0.2, 0) is 7.05 Å². The predicted molar refractivity (Wildman–Crippen MR) is 56.5 cm³/mol.